The Morgan fingerprint density at radius 1 is 1.41 bits per heavy atom. The van der Waals surface area contributed by atoms with Gasteiger partial charge in [0.15, 0.2) is 0 Å². The maximum absolute atomic E-state index is 6.07. The van der Waals surface area contributed by atoms with Gasteiger partial charge in [-0.3, -0.25) is 0 Å². The quantitative estimate of drug-likeness (QED) is 0.783. The van der Waals surface area contributed by atoms with Gasteiger partial charge in [-0.25, -0.2) is 0 Å². The average Bonchev–Trinajstić information content (AvgIpc) is 3.04. The van der Waals surface area contributed by atoms with E-state index >= 15 is 0 Å². The van der Waals surface area contributed by atoms with Gasteiger partial charge in [0.2, 0.25) is 0 Å². The van der Waals surface area contributed by atoms with E-state index in [-0.39, 0.29) is 5.60 Å². The largest absolute Gasteiger partial charge is 0.486 e. The minimum Gasteiger partial charge on any atom is -0.486 e. The first-order valence-electron chi connectivity index (χ1n) is 6.31. The van der Waals surface area contributed by atoms with Crippen LogP contribution in [0.15, 0.2) is 18.2 Å². The molecule has 1 aromatic rings. The Labute approximate surface area is 108 Å². The number of halogens is 1. The first-order chi connectivity index (χ1) is 8.15. The summed E-state index contributed by atoms with van der Waals surface area (Å²) in [6, 6.07) is 5.87. The molecule has 2 rings (SSSR count). The third-order valence-corrected chi connectivity index (χ3v) is 3.57. The maximum Gasteiger partial charge on any atom is 0.122 e. The number of hydrogen-bond donors (Lipinski definition) is 1. The van der Waals surface area contributed by atoms with Crippen molar-refractivity contribution in [2.75, 3.05) is 13.1 Å². The molecule has 1 aliphatic carbocycles. The fourth-order valence-electron chi connectivity index (χ4n) is 1.88. The van der Waals surface area contributed by atoms with E-state index in [4.69, 9.17) is 16.3 Å². The smallest absolute Gasteiger partial charge is 0.122 e. The second kappa shape index (κ2) is 5.28. The minimum atomic E-state index is 0.0371. The summed E-state index contributed by atoms with van der Waals surface area (Å²) in [5.74, 6) is 0.933. The summed E-state index contributed by atoms with van der Waals surface area (Å²) in [7, 11) is 0. The molecule has 0 heterocycles. The summed E-state index contributed by atoms with van der Waals surface area (Å²) in [4.78, 5) is 0. The molecule has 0 bridgehead atoms. The summed E-state index contributed by atoms with van der Waals surface area (Å²) in [5, 5.41) is 4.23. The second-order valence-corrected chi connectivity index (χ2v) is 5.28. The van der Waals surface area contributed by atoms with Crippen molar-refractivity contribution in [1.82, 2.24) is 5.32 Å². The number of hydrogen-bond acceptors (Lipinski definition) is 2. The van der Waals surface area contributed by atoms with Crippen LogP contribution in [0.25, 0.3) is 0 Å². The highest BCUT2D eigenvalue weighted by atomic mass is 35.5. The highest BCUT2D eigenvalue weighted by Crippen LogP contribution is 2.40. The number of aryl methyl sites for hydroxylation is 1. The van der Waals surface area contributed by atoms with Gasteiger partial charge in [0.25, 0.3) is 0 Å². The Hall–Kier alpha value is -0.730. The fourth-order valence-corrected chi connectivity index (χ4v) is 2.00. The predicted molar refractivity (Wildman–Crippen MR) is 71.9 cm³/mol. The summed E-state index contributed by atoms with van der Waals surface area (Å²) in [5.41, 5.74) is 1.11. The van der Waals surface area contributed by atoms with E-state index in [2.05, 4.69) is 12.2 Å². The van der Waals surface area contributed by atoms with E-state index in [1.807, 2.05) is 25.1 Å². The van der Waals surface area contributed by atoms with Crippen LogP contribution in [0.4, 0.5) is 0 Å². The highest BCUT2D eigenvalue weighted by molar-refractivity contribution is 6.31. The molecule has 0 unspecified atom stereocenters. The molecule has 0 radical (unpaired) electrons. The number of rotatable bonds is 6. The molecule has 1 fully saturated rings. The number of benzene rings is 1. The third-order valence-electron chi connectivity index (χ3n) is 3.15. The summed E-state index contributed by atoms with van der Waals surface area (Å²) in [6.45, 7) is 6.19. The number of nitrogens with one attached hydrogen (secondary N) is 1. The van der Waals surface area contributed by atoms with Gasteiger partial charge in [-0.15, -0.1) is 0 Å². The molecule has 0 atom stereocenters. The van der Waals surface area contributed by atoms with Crippen LogP contribution in [-0.2, 0) is 0 Å². The van der Waals surface area contributed by atoms with E-state index in [0.29, 0.717) is 0 Å². The summed E-state index contributed by atoms with van der Waals surface area (Å²) < 4.78 is 6.07. The van der Waals surface area contributed by atoms with Crippen LogP contribution in [-0.4, -0.2) is 18.7 Å². The number of ether oxygens (including phenoxy) is 1. The first-order valence-corrected chi connectivity index (χ1v) is 6.69. The Balaban J connectivity index is 1.93. The Morgan fingerprint density at radius 3 is 2.76 bits per heavy atom. The summed E-state index contributed by atoms with van der Waals surface area (Å²) in [6.07, 6.45) is 3.45. The Kier molecular flexibility index (Phi) is 3.95. The van der Waals surface area contributed by atoms with Crippen molar-refractivity contribution in [1.29, 1.82) is 0 Å². The van der Waals surface area contributed by atoms with Gasteiger partial charge in [-0.2, -0.15) is 0 Å². The molecule has 0 aliphatic heterocycles. The molecule has 1 aromatic carbocycles. The van der Waals surface area contributed by atoms with Gasteiger partial charge in [-0.1, -0.05) is 18.5 Å². The zero-order chi connectivity index (χ0) is 12.3. The van der Waals surface area contributed by atoms with Crippen LogP contribution >= 0.6 is 11.6 Å². The van der Waals surface area contributed by atoms with Crippen molar-refractivity contribution in [2.45, 2.75) is 38.7 Å². The lowest BCUT2D eigenvalue weighted by Crippen LogP contribution is -2.33. The van der Waals surface area contributed by atoms with Crippen LogP contribution in [0.3, 0.4) is 0 Å². The molecule has 3 heteroatoms. The Morgan fingerprint density at radius 2 is 2.18 bits per heavy atom. The van der Waals surface area contributed by atoms with E-state index in [1.54, 1.807) is 0 Å². The first kappa shape index (κ1) is 12.7. The van der Waals surface area contributed by atoms with Crippen molar-refractivity contribution in [3.05, 3.63) is 28.8 Å². The zero-order valence-corrected chi connectivity index (χ0v) is 11.3. The monoisotopic (exact) mass is 253 g/mol. The molecule has 1 saturated carbocycles. The van der Waals surface area contributed by atoms with Crippen LogP contribution in [0.5, 0.6) is 5.75 Å². The molecule has 94 valence electrons. The molecule has 0 amide bonds. The molecule has 17 heavy (non-hydrogen) atoms. The molecule has 0 aromatic heterocycles. The van der Waals surface area contributed by atoms with E-state index in [1.165, 1.54) is 0 Å². The van der Waals surface area contributed by atoms with Crippen LogP contribution in [0, 0.1) is 6.92 Å². The van der Waals surface area contributed by atoms with E-state index in [9.17, 15) is 0 Å². The third kappa shape index (κ3) is 3.36. The van der Waals surface area contributed by atoms with Crippen LogP contribution < -0.4 is 10.1 Å². The predicted octanol–water partition coefficient (Wildman–Crippen LogP) is 3.56. The van der Waals surface area contributed by atoms with Crippen LogP contribution in [0.2, 0.25) is 5.02 Å². The zero-order valence-electron chi connectivity index (χ0n) is 10.6. The van der Waals surface area contributed by atoms with Gasteiger partial charge in [0.1, 0.15) is 11.4 Å². The van der Waals surface area contributed by atoms with Gasteiger partial charge >= 0.3 is 0 Å². The molecular formula is C14H20ClNO. The molecule has 0 spiro atoms. The van der Waals surface area contributed by atoms with Gasteiger partial charge < -0.3 is 10.1 Å². The lowest BCUT2D eigenvalue weighted by molar-refractivity contribution is 0.175. The molecule has 0 saturated heterocycles. The van der Waals surface area contributed by atoms with Gasteiger partial charge in [0, 0.05) is 11.6 Å². The molecule has 2 nitrogen and oxygen atoms in total. The van der Waals surface area contributed by atoms with Crippen molar-refractivity contribution in [2.24, 2.45) is 0 Å². The normalized spacial score (nSPS) is 16.9. The van der Waals surface area contributed by atoms with E-state index in [0.717, 1.165) is 48.7 Å². The maximum atomic E-state index is 6.07. The van der Waals surface area contributed by atoms with Crippen molar-refractivity contribution >= 4 is 11.6 Å². The minimum absolute atomic E-state index is 0.0371. The molecular weight excluding hydrogens is 234 g/mol. The van der Waals surface area contributed by atoms with Crippen molar-refractivity contribution in [3.63, 3.8) is 0 Å². The topological polar surface area (TPSA) is 21.3 Å². The second-order valence-electron chi connectivity index (χ2n) is 4.87. The van der Waals surface area contributed by atoms with Gasteiger partial charge in [-0.05, 0) is 56.5 Å². The summed E-state index contributed by atoms with van der Waals surface area (Å²) >= 11 is 6.00. The SMILES string of the molecule is CCCNCC1(Oc2ccc(Cl)c(C)c2)CC1. The van der Waals surface area contributed by atoms with E-state index < -0.39 is 0 Å². The lowest BCUT2D eigenvalue weighted by atomic mass is 10.2. The molecule has 1 N–H and O–H groups in total. The van der Waals surface area contributed by atoms with Gasteiger partial charge in [0.05, 0.1) is 0 Å². The highest BCUT2D eigenvalue weighted by Gasteiger charge is 2.45. The van der Waals surface area contributed by atoms with Crippen molar-refractivity contribution in [3.8, 4) is 5.75 Å². The van der Waals surface area contributed by atoms with Crippen LogP contribution in [0.1, 0.15) is 31.7 Å². The standard InChI is InChI=1S/C14H20ClNO/c1-3-8-16-10-14(6-7-14)17-12-4-5-13(15)11(2)9-12/h4-5,9,16H,3,6-8,10H2,1-2H3. The Bertz CT molecular complexity index is 388. The molecule has 1 aliphatic rings. The average molecular weight is 254 g/mol. The lowest BCUT2D eigenvalue weighted by Gasteiger charge is -2.19. The fraction of sp³-hybridized carbons (Fsp3) is 0.571. The van der Waals surface area contributed by atoms with Crippen molar-refractivity contribution < 1.29 is 4.74 Å².